The van der Waals surface area contributed by atoms with Crippen molar-refractivity contribution < 1.29 is 9.50 Å². The van der Waals surface area contributed by atoms with Crippen molar-refractivity contribution in [3.05, 3.63) is 35.9 Å². The zero-order valence-electron chi connectivity index (χ0n) is 6.91. The van der Waals surface area contributed by atoms with E-state index in [0.29, 0.717) is 12.8 Å². The molecule has 0 aliphatic heterocycles. The molecule has 1 atom stereocenters. The van der Waals surface area contributed by atoms with Crippen LogP contribution >= 0.6 is 0 Å². The highest BCUT2D eigenvalue weighted by Gasteiger charge is 2.03. The van der Waals surface area contributed by atoms with Crippen molar-refractivity contribution >= 4 is 0 Å². The van der Waals surface area contributed by atoms with Gasteiger partial charge in [-0.3, -0.25) is 0 Å². The molecule has 0 heterocycles. The van der Waals surface area contributed by atoms with Gasteiger partial charge in [0.15, 0.2) is 0 Å². The number of hydrogen-bond donors (Lipinski definition) is 1. The van der Waals surface area contributed by atoms with E-state index in [9.17, 15) is 4.39 Å². The predicted octanol–water partition coefficient (Wildman–Crippen LogP) is 1.95. The molecule has 2 heteroatoms. The number of rotatable bonds is 4. The molecule has 66 valence electrons. The van der Waals surface area contributed by atoms with E-state index in [1.54, 1.807) is 0 Å². The maximum atomic E-state index is 12.6. The summed E-state index contributed by atoms with van der Waals surface area (Å²) >= 11 is 0. The summed E-state index contributed by atoms with van der Waals surface area (Å²) in [6, 6.07) is 9.72. The number of halogens is 1. The van der Waals surface area contributed by atoms with Gasteiger partial charge >= 0.3 is 0 Å². The third-order valence-electron chi connectivity index (χ3n) is 1.79. The monoisotopic (exact) mass is 168 g/mol. The van der Waals surface area contributed by atoms with E-state index >= 15 is 0 Å². The van der Waals surface area contributed by atoms with Gasteiger partial charge < -0.3 is 5.11 Å². The van der Waals surface area contributed by atoms with Crippen LogP contribution in [0.15, 0.2) is 30.3 Å². The number of alkyl halides is 1. The lowest BCUT2D eigenvalue weighted by Crippen LogP contribution is -2.06. The SMILES string of the molecule is OC[C@@H](F)CCc1ccccc1. The normalized spacial score (nSPS) is 12.8. The minimum absolute atomic E-state index is 0.368. The van der Waals surface area contributed by atoms with Crippen molar-refractivity contribution in [1.82, 2.24) is 0 Å². The highest BCUT2D eigenvalue weighted by Crippen LogP contribution is 2.06. The summed E-state index contributed by atoms with van der Waals surface area (Å²) in [7, 11) is 0. The molecule has 0 unspecified atom stereocenters. The predicted molar refractivity (Wildman–Crippen MR) is 46.7 cm³/mol. The standard InChI is InChI=1S/C10H13FO/c11-10(8-12)7-6-9-4-2-1-3-5-9/h1-5,10,12H,6-8H2/t10-/m0/s1. The van der Waals surface area contributed by atoms with Gasteiger partial charge in [-0.2, -0.15) is 0 Å². The lowest BCUT2D eigenvalue weighted by molar-refractivity contribution is 0.170. The number of aliphatic hydroxyl groups excluding tert-OH is 1. The molecule has 0 aliphatic carbocycles. The third kappa shape index (κ3) is 3.01. The van der Waals surface area contributed by atoms with Gasteiger partial charge in [-0.1, -0.05) is 30.3 Å². The Morgan fingerprint density at radius 3 is 2.50 bits per heavy atom. The van der Waals surface area contributed by atoms with Crippen LogP contribution in [0.2, 0.25) is 0 Å². The van der Waals surface area contributed by atoms with Gasteiger partial charge in [-0.05, 0) is 18.4 Å². The molecule has 1 aromatic carbocycles. The Morgan fingerprint density at radius 2 is 1.92 bits per heavy atom. The lowest BCUT2D eigenvalue weighted by Gasteiger charge is -2.03. The summed E-state index contributed by atoms with van der Waals surface area (Å²) in [4.78, 5) is 0. The van der Waals surface area contributed by atoms with Crippen LogP contribution in [0.1, 0.15) is 12.0 Å². The molecule has 0 bridgehead atoms. The summed E-state index contributed by atoms with van der Waals surface area (Å²) in [5, 5.41) is 8.44. The van der Waals surface area contributed by atoms with Crippen molar-refractivity contribution in [3.8, 4) is 0 Å². The van der Waals surface area contributed by atoms with Gasteiger partial charge in [-0.25, -0.2) is 4.39 Å². The van der Waals surface area contributed by atoms with E-state index < -0.39 is 6.17 Å². The summed E-state index contributed by atoms with van der Waals surface area (Å²) < 4.78 is 12.6. The van der Waals surface area contributed by atoms with E-state index in [-0.39, 0.29) is 6.61 Å². The highest BCUT2D eigenvalue weighted by atomic mass is 19.1. The molecular weight excluding hydrogens is 155 g/mol. The molecule has 0 spiro atoms. The van der Waals surface area contributed by atoms with Crippen LogP contribution in [0.4, 0.5) is 4.39 Å². The third-order valence-corrected chi connectivity index (χ3v) is 1.79. The molecule has 0 saturated carbocycles. The van der Waals surface area contributed by atoms with Crippen LogP contribution in [-0.2, 0) is 6.42 Å². The van der Waals surface area contributed by atoms with Crippen LogP contribution in [0.3, 0.4) is 0 Å². The molecule has 0 radical (unpaired) electrons. The molecule has 0 aromatic heterocycles. The zero-order valence-corrected chi connectivity index (χ0v) is 6.91. The van der Waals surface area contributed by atoms with Crippen molar-refractivity contribution in [1.29, 1.82) is 0 Å². The van der Waals surface area contributed by atoms with Crippen molar-refractivity contribution in [2.75, 3.05) is 6.61 Å². The van der Waals surface area contributed by atoms with Gasteiger partial charge in [0, 0.05) is 0 Å². The van der Waals surface area contributed by atoms with Gasteiger partial charge in [0.2, 0.25) is 0 Å². The summed E-state index contributed by atoms with van der Waals surface area (Å²) in [6.45, 7) is -0.368. The number of aliphatic hydroxyl groups is 1. The summed E-state index contributed by atoms with van der Waals surface area (Å²) in [5.41, 5.74) is 1.12. The Balaban J connectivity index is 2.33. The van der Waals surface area contributed by atoms with Gasteiger partial charge in [0.05, 0.1) is 6.61 Å². The van der Waals surface area contributed by atoms with Crippen LogP contribution in [0, 0.1) is 0 Å². The van der Waals surface area contributed by atoms with Crippen LogP contribution in [0.25, 0.3) is 0 Å². The second kappa shape index (κ2) is 4.88. The zero-order chi connectivity index (χ0) is 8.81. The first-order valence-corrected chi connectivity index (χ1v) is 4.12. The minimum atomic E-state index is -1.08. The quantitative estimate of drug-likeness (QED) is 0.728. The van der Waals surface area contributed by atoms with Gasteiger partial charge in [0.25, 0.3) is 0 Å². The van der Waals surface area contributed by atoms with E-state index in [4.69, 9.17) is 5.11 Å². The smallest absolute Gasteiger partial charge is 0.123 e. The van der Waals surface area contributed by atoms with Crippen molar-refractivity contribution in [2.45, 2.75) is 19.0 Å². The molecule has 1 N–H and O–H groups in total. The topological polar surface area (TPSA) is 20.2 Å². The van der Waals surface area contributed by atoms with E-state index in [0.717, 1.165) is 5.56 Å². The van der Waals surface area contributed by atoms with Gasteiger partial charge in [-0.15, -0.1) is 0 Å². The largest absolute Gasteiger partial charge is 0.393 e. The van der Waals surface area contributed by atoms with Gasteiger partial charge in [0.1, 0.15) is 6.17 Å². The van der Waals surface area contributed by atoms with Crippen LogP contribution < -0.4 is 0 Å². The summed E-state index contributed by atoms with van der Waals surface area (Å²) in [6.07, 6.45) is 0.0218. The number of benzene rings is 1. The Bertz CT molecular complexity index is 210. The lowest BCUT2D eigenvalue weighted by atomic mass is 10.1. The average molecular weight is 168 g/mol. The minimum Gasteiger partial charge on any atom is -0.393 e. The molecule has 1 aromatic rings. The maximum Gasteiger partial charge on any atom is 0.123 e. The Hall–Kier alpha value is -0.890. The van der Waals surface area contributed by atoms with Crippen LogP contribution in [0.5, 0.6) is 0 Å². The highest BCUT2D eigenvalue weighted by molar-refractivity contribution is 5.14. The molecule has 1 nitrogen and oxygen atoms in total. The molecule has 0 fully saturated rings. The van der Waals surface area contributed by atoms with Crippen molar-refractivity contribution in [2.24, 2.45) is 0 Å². The maximum absolute atomic E-state index is 12.6. The Morgan fingerprint density at radius 1 is 1.25 bits per heavy atom. The first-order valence-electron chi connectivity index (χ1n) is 4.12. The van der Waals surface area contributed by atoms with E-state index in [1.165, 1.54) is 0 Å². The fraction of sp³-hybridized carbons (Fsp3) is 0.400. The first kappa shape index (κ1) is 9.20. The second-order valence-corrected chi connectivity index (χ2v) is 2.80. The Kier molecular flexibility index (Phi) is 3.74. The molecule has 0 saturated heterocycles. The number of hydrogen-bond acceptors (Lipinski definition) is 1. The average Bonchev–Trinajstić information content (AvgIpc) is 2.16. The molecule has 0 aliphatic rings. The molecule has 1 rings (SSSR count). The fourth-order valence-electron chi connectivity index (χ4n) is 1.06. The van der Waals surface area contributed by atoms with E-state index in [2.05, 4.69) is 0 Å². The van der Waals surface area contributed by atoms with Crippen molar-refractivity contribution in [3.63, 3.8) is 0 Å². The fourth-order valence-corrected chi connectivity index (χ4v) is 1.06. The van der Waals surface area contributed by atoms with E-state index in [1.807, 2.05) is 30.3 Å². The van der Waals surface area contributed by atoms with Crippen LogP contribution in [-0.4, -0.2) is 17.9 Å². The number of aryl methyl sites for hydroxylation is 1. The Labute approximate surface area is 71.9 Å². The molecule has 12 heavy (non-hydrogen) atoms. The summed E-state index contributed by atoms with van der Waals surface area (Å²) in [5.74, 6) is 0. The molecular formula is C10H13FO. The molecule has 0 amide bonds. The second-order valence-electron chi connectivity index (χ2n) is 2.80. The first-order chi connectivity index (χ1) is 5.83.